The topological polar surface area (TPSA) is 70.4 Å². The van der Waals surface area contributed by atoms with Gasteiger partial charge in [0.05, 0.1) is 6.54 Å². The van der Waals surface area contributed by atoms with Gasteiger partial charge in [-0.05, 0) is 31.9 Å². The quantitative estimate of drug-likeness (QED) is 0.408. The van der Waals surface area contributed by atoms with Gasteiger partial charge in [-0.3, -0.25) is 4.99 Å². The number of rotatable bonds is 4. The number of para-hydroxylation sites is 1. The van der Waals surface area contributed by atoms with E-state index in [9.17, 15) is 0 Å². The first kappa shape index (κ1) is 20.5. The zero-order chi connectivity index (χ0) is 17.6. The molecule has 1 aromatic carbocycles. The van der Waals surface area contributed by atoms with Crippen LogP contribution >= 0.6 is 24.0 Å². The summed E-state index contributed by atoms with van der Waals surface area (Å²) in [5, 5.41) is 15.1. The number of halogens is 1. The third kappa shape index (κ3) is 5.09. The number of aromatic nitrogens is 3. The van der Waals surface area contributed by atoms with Crippen LogP contribution in [0.15, 0.2) is 35.3 Å². The Hall–Kier alpha value is -1.84. The fourth-order valence-electron chi connectivity index (χ4n) is 3.12. The number of aryl methyl sites for hydroxylation is 1. The van der Waals surface area contributed by atoms with Gasteiger partial charge >= 0.3 is 0 Å². The second-order valence-corrected chi connectivity index (χ2v) is 6.41. The first-order valence-electron chi connectivity index (χ1n) is 8.79. The maximum atomic E-state index is 4.35. The van der Waals surface area contributed by atoms with Crippen molar-refractivity contribution in [1.82, 2.24) is 25.4 Å². The third-order valence-corrected chi connectivity index (χ3v) is 4.70. The molecule has 0 radical (unpaired) electrons. The summed E-state index contributed by atoms with van der Waals surface area (Å²) < 4.78 is 1.98. The molecule has 1 fully saturated rings. The SMILES string of the molecule is CN=C(NCc1nnc(C)n1C)NC1CCCN(c2ccccc2)C1.I. The number of nitrogens with zero attached hydrogens (tertiary/aromatic N) is 5. The molecule has 1 saturated heterocycles. The van der Waals surface area contributed by atoms with Crippen molar-refractivity contribution in [3.63, 3.8) is 0 Å². The number of hydrogen-bond donors (Lipinski definition) is 2. The van der Waals surface area contributed by atoms with E-state index in [0.717, 1.165) is 37.1 Å². The Morgan fingerprint density at radius 2 is 2.04 bits per heavy atom. The van der Waals surface area contributed by atoms with Gasteiger partial charge in [-0.2, -0.15) is 0 Å². The van der Waals surface area contributed by atoms with Crippen molar-refractivity contribution in [1.29, 1.82) is 0 Å². The molecule has 3 rings (SSSR count). The van der Waals surface area contributed by atoms with Crippen LogP contribution < -0.4 is 15.5 Å². The summed E-state index contributed by atoms with van der Waals surface area (Å²) >= 11 is 0. The van der Waals surface area contributed by atoms with E-state index in [2.05, 4.69) is 61.1 Å². The Balaban J connectivity index is 0.00000243. The molecule has 0 saturated carbocycles. The molecule has 142 valence electrons. The zero-order valence-electron chi connectivity index (χ0n) is 15.6. The van der Waals surface area contributed by atoms with E-state index in [1.165, 1.54) is 12.1 Å². The lowest BCUT2D eigenvalue weighted by Crippen LogP contribution is -2.51. The Morgan fingerprint density at radius 1 is 1.27 bits per heavy atom. The molecule has 2 aromatic rings. The molecule has 8 heteroatoms. The minimum Gasteiger partial charge on any atom is -0.369 e. The summed E-state index contributed by atoms with van der Waals surface area (Å²) in [6, 6.07) is 11.0. The minimum atomic E-state index is 0. The molecule has 1 unspecified atom stereocenters. The highest BCUT2D eigenvalue weighted by Gasteiger charge is 2.21. The summed E-state index contributed by atoms with van der Waals surface area (Å²) in [5.74, 6) is 2.61. The number of nitrogens with one attached hydrogen (secondary N) is 2. The smallest absolute Gasteiger partial charge is 0.191 e. The lowest BCUT2D eigenvalue weighted by atomic mass is 10.1. The number of guanidine groups is 1. The van der Waals surface area contributed by atoms with Gasteiger partial charge in [0, 0.05) is 38.9 Å². The van der Waals surface area contributed by atoms with E-state index in [0.29, 0.717) is 12.6 Å². The van der Waals surface area contributed by atoms with Crippen LogP contribution in [0.1, 0.15) is 24.5 Å². The molecule has 2 heterocycles. The Bertz CT molecular complexity index is 714. The van der Waals surface area contributed by atoms with Crippen molar-refractivity contribution in [2.24, 2.45) is 12.0 Å². The van der Waals surface area contributed by atoms with Crippen molar-refractivity contribution < 1.29 is 0 Å². The molecule has 0 amide bonds. The van der Waals surface area contributed by atoms with Gasteiger partial charge in [0.1, 0.15) is 5.82 Å². The number of anilines is 1. The van der Waals surface area contributed by atoms with Gasteiger partial charge in [-0.25, -0.2) is 0 Å². The molecule has 1 aromatic heterocycles. The molecule has 0 bridgehead atoms. The Kier molecular flexibility index (Phi) is 7.67. The molecule has 0 spiro atoms. The van der Waals surface area contributed by atoms with Crippen LogP contribution in [0.4, 0.5) is 5.69 Å². The first-order chi connectivity index (χ1) is 12.2. The first-order valence-corrected chi connectivity index (χ1v) is 8.79. The largest absolute Gasteiger partial charge is 0.369 e. The number of aliphatic imine (C=N–C) groups is 1. The molecular formula is C18H28IN7. The van der Waals surface area contributed by atoms with Crippen LogP contribution in [-0.4, -0.2) is 46.9 Å². The van der Waals surface area contributed by atoms with Crippen molar-refractivity contribution in [2.45, 2.75) is 32.4 Å². The fourth-order valence-corrected chi connectivity index (χ4v) is 3.12. The van der Waals surface area contributed by atoms with Crippen molar-refractivity contribution in [3.8, 4) is 0 Å². The predicted molar refractivity (Wildman–Crippen MR) is 116 cm³/mol. The molecule has 0 aliphatic carbocycles. The van der Waals surface area contributed by atoms with E-state index in [1.54, 1.807) is 7.05 Å². The fraction of sp³-hybridized carbons (Fsp3) is 0.500. The van der Waals surface area contributed by atoms with Crippen LogP contribution in [0.3, 0.4) is 0 Å². The standard InChI is InChI=1S/C18H27N7.HI/c1-14-22-23-17(24(14)3)12-20-18(19-2)21-15-8-7-11-25(13-15)16-9-5-4-6-10-16;/h4-6,9-10,15H,7-8,11-13H2,1-3H3,(H2,19,20,21);1H. The van der Waals surface area contributed by atoms with Gasteiger partial charge in [-0.1, -0.05) is 18.2 Å². The average Bonchev–Trinajstić information content (AvgIpc) is 2.98. The van der Waals surface area contributed by atoms with Crippen molar-refractivity contribution >= 4 is 35.6 Å². The number of piperidine rings is 1. The van der Waals surface area contributed by atoms with Crippen LogP contribution in [0.2, 0.25) is 0 Å². The second-order valence-electron chi connectivity index (χ2n) is 6.41. The van der Waals surface area contributed by atoms with Crippen LogP contribution in [0, 0.1) is 6.92 Å². The Labute approximate surface area is 172 Å². The summed E-state index contributed by atoms with van der Waals surface area (Å²) in [7, 11) is 3.77. The average molecular weight is 469 g/mol. The van der Waals surface area contributed by atoms with E-state index in [1.807, 2.05) is 18.5 Å². The van der Waals surface area contributed by atoms with Crippen LogP contribution in [0.5, 0.6) is 0 Å². The van der Waals surface area contributed by atoms with Gasteiger partial charge < -0.3 is 20.1 Å². The minimum absolute atomic E-state index is 0. The maximum Gasteiger partial charge on any atom is 0.191 e. The maximum absolute atomic E-state index is 4.35. The summed E-state index contributed by atoms with van der Waals surface area (Å²) in [4.78, 5) is 6.78. The van der Waals surface area contributed by atoms with Gasteiger partial charge in [0.15, 0.2) is 11.8 Å². The summed E-state index contributed by atoms with van der Waals surface area (Å²) in [6.45, 7) is 4.64. The highest BCUT2D eigenvalue weighted by atomic mass is 127. The monoisotopic (exact) mass is 469 g/mol. The highest BCUT2D eigenvalue weighted by molar-refractivity contribution is 14.0. The third-order valence-electron chi connectivity index (χ3n) is 4.70. The van der Waals surface area contributed by atoms with Crippen LogP contribution in [-0.2, 0) is 13.6 Å². The number of hydrogen-bond acceptors (Lipinski definition) is 4. The molecule has 1 atom stereocenters. The number of benzene rings is 1. The molecule has 7 nitrogen and oxygen atoms in total. The lowest BCUT2D eigenvalue weighted by Gasteiger charge is -2.35. The Morgan fingerprint density at radius 3 is 2.69 bits per heavy atom. The predicted octanol–water partition coefficient (Wildman–Crippen LogP) is 2.08. The van der Waals surface area contributed by atoms with Gasteiger partial charge in [-0.15, -0.1) is 34.2 Å². The van der Waals surface area contributed by atoms with E-state index in [4.69, 9.17) is 0 Å². The van der Waals surface area contributed by atoms with E-state index in [-0.39, 0.29) is 24.0 Å². The van der Waals surface area contributed by atoms with Crippen molar-refractivity contribution in [3.05, 3.63) is 42.0 Å². The van der Waals surface area contributed by atoms with Crippen LogP contribution in [0.25, 0.3) is 0 Å². The molecule has 2 N–H and O–H groups in total. The molecule has 1 aliphatic rings. The molecular weight excluding hydrogens is 441 g/mol. The zero-order valence-corrected chi connectivity index (χ0v) is 18.0. The van der Waals surface area contributed by atoms with Crippen molar-refractivity contribution in [2.75, 3.05) is 25.0 Å². The molecule has 1 aliphatic heterocycles. The van der Waals surface area contributed by atoms with Gasteiger partial charge in [0.2, 0.25) is 0 Å². The molecule has 26 heavy (non-hydrogen) atoms. The summed E-state index contributed by atoms with van der Waals surface area (Å²) in [5.41, 5.74) is 1.28. The van der Waals surface area contributed by atoms with E-state index >= 15 is 0 Å². The normalized spacial score (nSPS) is 17.6. The van der Waals surface area contributed by atoms with Gasteiger partial charge in [0.25, 0.3) is 0 Å². The highest BCUT2D eigenvalue weighted by Crippen LogP contribution is 2.19. The van der Waals surface area contributed by atoms with E-state index < -0.39 is 0 Å². The lowest BCUT2D eigenvalue weighted by molar-refractivity contribution is 0.467. The summed E-state index contributed by atoms with van der Waals surface area (Å²) in [6.07, 6.45) is 2.32. The second kappa shape index (κ2) is 9.75.